The van der Waals surface area contributed by atoms with Gasteiger partial charge in [0.1, 0.15) is 0 Å². The molecule has 1 rings (SSSR count). The molecule has 1 amide bonds. The molecule has 0 aliphatic carbocycles. The zero-order chi connectivity index (χ0) is 14.3. The van der Waals surface area contributed by atoms with Crippen LogP contribution in [0.25, 0.3) is 6.08 Å². The van der Waals surface area contributed by atoms with Gasteiger partial charge in [0, 0.05) is 24.5 Å². The molecule has 1 aromatic rings. The number of aromatic nitrogens is 1. The van der Waals surface area contributed by atoms with Gasteiger partial charge in [-0.15, -0.1) is 0 Å². The van der Waals surface area contributed by atoms with Gasteiger partial charge < -0.3 is 10.4 Å². The van der Waals surface area contributed by atoms with Crippen molar-refractivity contribution in [3.63, 3.8) is 0 Å². The minimum absolute atomic E-state index is 0.107. The van der Waals surface area contributed by atoms with Crippen LogP contribution in [0, 0.1) is 0 Å². The molecule has 0 aromatic carbocycles. The number of amides is 1. The molecule has 0 spiro atoms. The molecule has 0 bridgehead atoms. The summed E-state index contributed by atoms with van der Waals surface area (Å²) in [6.07, 6.45) is 7.30. The molecular formula is C14H18N2O3. The lowest BCUT2D eigenvalue weighted by Crippen LogP contribution is -2.32. The van der Waals surface area contributed by atoms with Crippen molar-refractivity contribution >= 4 is 18.0 Å². The Labute approximate surface area is 112 Å². The first-order valence-corrected chi connectivity index (χ1v) is 6.20. The Morgan fingerprint density at radius 2 is 2.21 bits per heavy atom. The first-order chi connectivity index (χ1) is 9.02. The Hall–Kier alpha value is -2.17. The first kappa shape index (κ1) is 14.9. The number of nitrogens with zero attached hydrogens (tertiary/aromatic N) is 1. The van der Waals surface area contributed by atoms with Gasteiger partial charge in [-0.1, -0.05) is 13.3 Å². The van der Waals surface area contributed by atoms with Crippen molar-refractivity contribution in [2.75, 3.05) is 0 Å². The maximum atomic E-state index is 11.9. The Balaban J connectivity index is 2.75. The molecule has 1 aromatic heterocycles. The van der Waals surface area contributed by atoms with Crippen LogP contribution in [0.15, 0.2) is 24.5 Å². The summed E-state index contributed by atoms with van der Waals surface area (Å²) in [5.74, 6) is -1.23. The molecule has 1 atom stereocenters. The maximum absolute atomic E-state index is 11.9. The molecule has 19 heavy (non-hydrogen) atoms. The lowest BCUT2D eigenvalue weighted by atomic mass is 10.1. The summed E-state index contributed by atoms with van der Waals surface area (Å²) in [6.45, 7) is 4.00. The first-order valence-electron chi connectivity index (χ1n) is 6.20. The second-order valence-corrected chi connectivity index (χ2v) is 4.34. The van der Waals surface area contributed by atoms with E-state index < -0.39 is 5.97 Å². The van der Waals surface area contributed by atoms with Gasteiger partial charge in [0.15, 0.2) is 0 Å². The van der Waals surface area contributed by atoms with E-state index in [1.807, 2.05) is 6.92 Å². The third-order valence-electron chi connectivity index (χ3n) is 2.54. The fraction of sp³-hybridized carbons (Fsp3) is 0.357. The van der Waals surface area contributed by atoms with Crippen molar-refractivity contribution in [2.45, 2.75) is 32.7 Å². The molecule has 1 unspecified atom stereocenters. The molecule has 0 aliphatic rings. The van der Waals surface area contributed by atoms with Crippen molar-refractivity contribution in [1.82, 2.24) is 10.3 Å². The summed E-state index contributed by atoms with van der Waals surface area (Å²) in [6, 6.07) is 1.72. The third-order valence-corrected chi connectivity index (χ3v) is 2.54. The molecule has 0 saturated carbocycles. The predicted molar refractivity (Wildman–Crippen MR) is 72.7 cm³/mol. The van der Waals surface area contributed by atoms with Gasteiger partial charge in [-0.25, -0.2) is 4.79 Å². The van der Waals surface area contributed by atoms with Gasteiger partial charge in [0.05, 0.1) is 5.56 Å². The Morgan fingerprint density at radius 1 is 1.47 bits per heavy atom. The highest BCUT2D eigenvalue weighted by molar-refractivity contribution is 5.95. The topological polar surface area (TPSA) is 79.3 Å². The normalized spacial score (nSPS) is 12.3. The van der Waals surface area contributed by atoms with Gasteiger partial charge >= 0.3 is 5.97 Å². The van der Waals surface area contributed by atoms with Crippen LogP contribution in [-0.4, -0.2) is 28.0 Å². The number of rotatable bonds is 6. The third kappa shape index (κ3) is 5.33. The fourth-order valence-corrected chi connectivity index (χ4v) is 1.65. The number of pyridine rings is 1. The zero-order valence-corrected chi connectivity index (χ0v) is 11.1. The molecule has 1 heterocycles. The van der Waals surface area contributed by atoms with Crippen LogP contribution in [0.1, 0.15) is 42.6 Å². The van der Waals surface area contributed by atoms with Gasteiger partial charge in [-0.3, -0.25) is 9.78 Å². The summed E-state index contributed by atoms with van der Waals surface area (Å²) >= 11 is 0. The predicted octanol–water partition coefficient (Wildman–Crippen LogP) is 2.10. The minimum atomic E-state index is -1.04. The quantitative estimate of drug-likeness (QED) is 0.769. The summed E-state index contributed by atoms with van der Waals surface area (Å²) < 4.78 is 0. The average Bonchev–Trinajstić information content (AvgIpc) is 2.37. The molecule has 0 saturated heterocycles. The largest absolute Gasteiger partial charge is 0.478 e. The molecular weight excluding hydrogens is 244 g/mol. The van der Waals surface area contributed by atoms with E-state index in [-0.39, 0.29) is 11.9 Å². The second-order valence-electron chi connectivity index (χ2n) is 4.34. The van der Waals surface area contributed by atoms with E-state index in [0.29, 0.717) is 11.1 Å². The zero-order valence-electron chi connectivity index (χ0n) is 11.1. The van der Waals surface area contributed by atoms with Crippen LogP contribution in [0.4, 0.5) is 0 Å². The summed E-state index contributed by atoms with van der Waals surface area (Å²) in [5.41, 5.74) is 1.01. The SMILES string of the molecule is CCCC(C)NC(=O)c1cncc(C=CC(=O)O)c1. The number of carbonyl (C=O) groups excluding carboxylic acids is 1. The molecule has 0 radical (unpaired) electrons. The number of carboxylic acid groups (broad SMARTS) is 1. The number of hydrogen-bond donors (Lipinski definition) is 2. The summed E-state index contributed by atoms with van der Waals surface area (Å²) in [4.78, 5) is 26.3. The van der Waals surface area contributed by atoms with E-state index in [1.165, 1.54) is 18.5 Å². The lowest BCUT2D eigenvalue weighted by Gasteiger charge is -2.12. The van der Waals surface area contributed by atoms with Crippen molar-refractivity contribution in [1.29, 1.82) is 0 Å². The van der Waals surface area contributed by atoms with Gasteiger partial charge in [-0.05, 0) is 31.1 Å². The highest BCUT2D eigenvalue weighted by Crippen LogP contribution is 2.06. The number of hydrogen-bond acceptors (Lipinski definition) is 3. The van der Waals surface area contributed by atoms with Crippen LogP contribution in [0.5, 0.6) is 0 Å². The van der Waals surface area contributed by atoms with Crippen LogP contribution < -0.4 is 5.32 Å². The summed E-state index contributed by atoms with van der Waals surface area (Å²) in [7, 11) is 0. The molecule has 0 aliphatic heterocycles. The van der Waals surface area contributed by atoms with E-state index in [4.69, 9.17) is 5.11 Å². The number of nitrogens with one attached hydrogen (secondary N) is 1. The smallest absolute Gasteiger partial charge is 0.328 e. The van der Waals surface area contributed by atoms with Crippen molar-refractivity contribution in [3.8, 4) is 0 Å². The van der Waals surface area contributed by atoms with Crippen molar-refractivity contribution in [2.24, 2.45) is 0 Å². The molecule has 102 valence electrons. The Bertz CT molecular complexity index is 483. The molecule has 5 nitrogen and oxygen atoms in total. The van der Waals surface area contributed by atoms with E-state index in [9.17, 15) is 9.59 Å². The number of aliphatic carboxylic acids is 1. The molecule has 0 fully saturated rings. The Kier molecular flexibility index (Phi) is 5.73. The highest BCUT2D eigenvalue weighted by Gasteiger charge is 2.09. The van der Waals surface area contributed by atoms with E-state index in [0.717, 1.165) is 18.9 Å². The van der Waals surface area contributed by atoms with E-state index in [1.54, 1.807) is 6.07 Å². The Morgan fingerprint density at radius 3 is 2.84 bits per heavy atom. The van der Waals surface area contributed by atoms with Crippen LogP contribution >= 0.6 is 0 Å². The van der Waals surface area contributed by atoms with Crippen molar-refractivity contribution in [3.05, 3.63) is 35.7 Å². The van der Waals surface area contributed by atoms with Crippen LogP contribution in [-0.2, 0) is 4.79 Å². The number of carbonyl (C=O) groups is 2. The maximum Gasteiger partial charge on any atom is 0.328 e. The monoisotopic (exact) mass is 262 g/mol. The van der Waals surface area contributed by atoms with Crippen LogP contribution in [0.3, 0.4) is 0 Å². The second kappa shape index (κ2) is 7.31. The van der Waals surface area contributed by atoms with Crippen LogP contribution in [0.2, 0.25) is 0 Å². The van der Waals surface area contributed by atoms with E-state index in [2.05, 4.69) is 17.2 Å². The average molecular weight is 262 g/mol. The van der Waals surface area contributed by atoms with Crippen molar-refractivity contribution < 1.29 is 14.7 Å². The minimum Gasteiger partial charge on any atom is -0.478 e. The van der Waals surface area contributed by atoms with Gasteiger partial charge in [0.25, 0.3) is 5.91 Å². The molecule has 5 heteroatoms. The van der Waals surface area contributed by atoms with Gasteiger partial charge in [0.2, 0.25) is 0 Å². The molecule has 2 N–H and O–H groups in total. The lowest BCUT2D eigenvalue weighted by molar-refractivity contribution is -0.131. The van der Waals surface area contributed by atoms with E-state index >= 15 is 0 Å². The summed E-state index contributed by atoms with van der Waals surface area (Å²) in [5, 5.41) is 11.4. The number of carboxylic acids is 1. The fourth-order valence-electron chi connectivity index (χ4n) is 1.65. The standard InChI is InChI=1S/C14H18N2O3/c1-3-4-10(2)16-14(19)12-7-11(8-15-9-12)5-6-13(17)18/h5-10H,3-4H2,1-2H3,(H,16,19)(H,17,18). The highest BCUT2D eigenvalue weighted by atomic mass is 16.4. The van der Waals surface area contributed by atoms with Gasteiger partial charge in [-0.2, -0.15) is 0 Å².